The third kappa shape index (κ3) is 2.06. The fourth-order valence-corrected chi connectivity index (χ4v) is 2.64. The molecule has 6 heteroatoms. The molecule has 0 spiro atoms. The summed E-state index contributed by atoms with van der Waals surface area (Å²) in [6, 6.07) is 3.91. The zero-order chi connectivity index (χ0) is 14.2. The molecule has 0 unspecified atom stereocenters. The third-order valence-electron chi connectivity index (χ3n) is 3.83. The van der Waals surface area contributed by atoms with E-state index >= 15 is 0 Å². The second-order valence-electron chi connectivity index (χ2n) is 4.99. The Hall–Kier alpha value is -1.95. The minimum Gasteiger partial charge on any atom is -0.505 e. The summed E-state index contributed by atoms with van der Waals surface area (Å²) in [4.78, 5) is 4.34. The van der Waals surface area contributed by atoms with Gasteiger partial charge in [0.25, 0.3) is 5.89 Å². The van der Waals surface area contributed by atoms with E-state index in [4.69, 9.17) is 9.26 Å². The number of aromatic hydroxyl groups is 1. The van der Waals surface area contributed by atoms with Gasteiger partial charge >= 0.3 is 0 Å². The van der Waals surface area contributed by atoms with Gasteiger partial charge in [-0.1, -0.05) is 5.16 Å². The smallest absolute Gasteiger partial charge is 0.258 e. The molecule has 0 amide bonds. The maximum Gasteiger partial charge on any atom is 0.258 e. The fraction of sp³-hybridized carbons (Fsp3) is 0.429. The summed E-state index contributed by atoms with van der Waals surface area (Å²) in [5.74, 6) is -0.364. The lowest BCUT2D eigenvalue weighted by atomic mass is 10.0. The number of rotatable bonds is 3. The molecule has 0 bridgehead atoms. The Morgan fingerprint density at radius 1 is 1.35 bits per heavy atom. The van der Waals surface area contributed by atoms with Crippen LogP contribution in [0.3, 0.4) is 0 Å². The van der Waals surface area contributed by atoms with Crippen LogP contribution in [0.4, 0.5) is 4.39 Å². The molecule has 0 atom stereocenters. The molecular weight excluding hydrogens is 263 g/mol. The second-order valence-corrected chi connectivity index (χ2v) is 4.99. The van der Waals surface area contributed by atoms with Crippen LogP contribution in [0.1, 0.15) is 31.5 Å². The van der Waals surface area contributed by atoms with Gasteiger partial charge < -0.3 is 14.4 Å². The number of halogens is 1. The van der Waals surface area contributed by atoms with Gasteiger partial charge in [-0.25, -0.2) is 4.39 Å². The largest absolute Gasteiger partial charge is 0.505 e. The number of aromatic nitrogens is 2. The Morgan fingerprint density at radius 3 is 2.75 bits per heavy atom. The Morgan fingerprint density at radius 2 is 2.10 bits per heavy atom. The van der Waals surface area contributed by atoms with E-state index in [-0.39, 0.29) is 5.89 Å². The lowest BCUT2D eigenvalue weighted by Crippen LogP contribution is -2.25. The Kier molecular flexibility index (Phi) is 3.17. The standard InChI is InChI=1S/C14H15FN2O3/c1-19-14(6-2-3-7-14)13-16-12(20-17-13)9-4-5-10(15)11(18)8-9/h4-5,8,18H,2-3,6-7H2,1H3. The highest BCUT2D eigenvalue weighted by molar-refractivity contribution is 5.55. The molecule has 2 aromatic rings. The van der Waals surface area contributed by atoms with Gasteiger partial charge in [-0.3, -0.25) is 0 Å². The number of phenols is 1. The maximum absolute atomic E-state index is 13.0. The molecule has 1 saturated carbocycles. The molecule has 1 heterocycles. The molecule has 5 nitrogen and oxygen atoms in total. The van der Waals surface area contributed by atoms with Gasteiger partial charge in [0.15, 0.2) is 11.6 Å². The Bertz CT molecular complexity index is 621. The molecule has 1 aromatic heterocycles. The number of hydrogen-bond acceptors (Lipinski definition) is 5. The summed E-state index contributed by atoms with van der Waals surface area (Å²) in [6.07, 6.45) is 3.85. The third-order valence-corrected chi connectivity index (χ3v) is 3.83. The lowest BCUT2D eigenvalue weighted by molar-refractivity contribution is -0.0178. The quantitative estimate of drug-likeness (QED) is 0.934. The minimum absolute atomic E-state index is 0.249. The van der Waals surface area contributed by atoms with Crippen LogP contribution >= 0.6 is 0 Å². The van der Waals surface area contributed by atoms with Crippen LogP contribution in [-0.2, 0) is 10.3 Å². The van der Waals surface area contributed by atoms with Crippen molar-refractivity contribution in [3.05, 3.63) is 29.8 Å². The molecule has 20 heavy (non-hydrogen) atoms. The first-order chi connectivity index (χ1) is 9.64. The van der Waals surface area contributed by atoms with Crippen LogP contribution < -0.4 is 0 Å². The summed E-state index contributed by atoms with van der Waals surface area (Å²) in [6.45, 7) is 0. The van der Waals surface area contributed by atoms with Gasteiger partial charge in [0.05, 0.1) is 0 Å². The van der Waals surface area contributed by atoms with Crippen LogP contribution in [-0.4, -0.2) is 22.4 Å². The molecule has 106 valence electrons. The number of benzene rings is 1. The second kappa shape index (κ2) is 4.86. The van der Waals surface area contributed by atoms with E-state index in [0.717, 1.165) is 31.7 Å². The molecule has 1 aliphatic carbocycles. The zero-order valence-electron chi connectivity index (χ0n) is 11.1. The Balaban J connectivity index is 1.95. The number of hydrogen-bond donors (Lipinski definition) is 1. The lowest BCUT2D eigenvalue weighted by Gasteiger charge is -2.22. The fourth-order valence-electron chi connectivity index (χ4n) is 2.64. The van der Waals surface area contributed by atoms with E-state index in [1.807, 2.05) is 0 Å². The highest BCUT2D eigenvalue weighted by Gasteiger charge is 2.40. The number of methoxy groups -OCH3 is 1. The number of phenolic OH excluding ortho intramolecular Hbond substituents is 1. The van der Waals surface area contributed by atoms with Gasteiger partial charge in [-0.2, -0.15) is 4.98 Å². The van der Waals surface area contributed by atoms with Crippen molar-refractivity contribution in [1.29, 1.82) is 0 Å². The minimum atomic E-state index is -0.683. The van der Waals surface area contributed by atoms with Gasteiger partial charge in [0.1, 0.15) is 5.60 Å². The molecule has 1 N–H and O–H groups in total. The van der Waals surface area contributed by atoms with Crippen molar-refractivity contribution >= 4 is 0 Å². The summed E-state index contributed by atoms with van der Waals surface area (Å²) in [5, 5.41) is 13.4. The molecule has 1 aromatic carbocycles. The van der Waals surface area contributed by atoms with Gasteiger partial charge in [-0.15, -0.1) is 0 Å². The highest BCUT2D eigenvalue weighted by Crippen LogP contribution is 2.40. The maximum atomic E-state index is 13.0. The van der Waals surface area contributed by atoms with Crippen LogP contribution in [0.15, 0.2) is 22.7 Å². The summed E-state index contributed by atoms with van der Waals surface area (Å²) in [5.41, 5.74) is -0.00371. The average Bonchev–Trinajstić information content (AvgIpc) is 3.10. The number of nitrogens with zero attached hydrogens (tertiary/aromatic N) is 2. The SMILES string of the molecule is COC1(c2noc(-c3ccc(F)c(O)c3)n2)CCCC1. The molecular formula is C14H15FN2O3. The monoisotopic (exact) mass is 278 g/mol. The van der Waals surface area contributed by atoms with Crippen LogP contribution in [0, 0.1) is 5.82 Å². The molecule has 3 rings (SSSR count). The number of ether oxygens (including phenoxy) is 1. The highest BCUT2D eigenvalue weighted by atomic mass is 19.1. The molecule has 0 radical (unpaired) electrons. The van der Waals surface area contributed by atoms with E-state index in [2.05, 4.69) is 10.1 Å². The van der Waals surface area contributed by atoms with Crippen LogP contribution in [0.2, 0.25) is 0 Å². The zero-order valence-corrected chi connectivity index (χ0v) is 11.1. The van der Waals surface area contributed by atoms with Gasteiger partial charge in [0, 0.05) is 12.7 Å². The summed E-state index contributed by atoms with van der Waals surface area (Å²) >= 11 is 0. The van der Waals surface area contributed by atoms with E-state index in [1.165, 1.54) is 12.1 Å². The molecule has 1 aliphatic rings. The van der Waals surface area contributed by atoms with Crippen molar-refractivity contribution in [1.82, 2.24) is 10.1 Å². The van der Waals surface area contributed by atoms with E-state index in [9.17, 15) is 9.50 Å². The van der Waals surface area contributed by atoms with Crippen molar-refractivity contribution in [3.63, 3.8) is 0 Å². The van der Waals surface area contributed by atoms with Crippen molar-refractivity contribution in [2.24, 2.45) is 0 Å². The van der Waals surface area contributed by atoms with E-state index < -0.39 is 17.2 Å². The van der Waals surface area contributed by atoms with E-state index in [0.29, 0.717) is 11.4 Å². The first-order valence-electron chi connectivity index (χ1n) is 6.53. The molecule has 0 aliphatic heterocycles. The van der Waals surface area contributed by atoms with Crippen molar-refractivity contribution < 1.29 is 18.8 Å². The molecule has 0 saturated heterocycles. The van der Waals surface area contributed by atoms with Crippen molar-refractivity contribution in [3.8, 4) is 17.2 Å². The van der Waals surface area contributed by atoms with Crippen LogP contribution in [0.5, 0.6) is 5.75 Å². The van der Waals surface area contributed by atoms with E-state index in [1.54, 1.807) is 7.11 Å². The van der Waals surface area contributed by atoms with Gasteiger partial charge in [0.2, 0.25) is 5.82 Å². The predicted octanol–water partition coefficient (Wildman–Crippen LogP) is 3.00. The van der Waals surface area contributed by atoms with Crippen molar-refractivity contribution in [2.45, 2.75) is 31.3 Å². The first kappa shape index (κ1) is 13.1. The predicted molar refractivity (Wildman–Crippen MR) is 68.5 cm³/mol. The summed E-state index contributed by atoms with van der Waals surface area (Å²) < 4.78 is 23.8. The first-order valence-corrected chi connectivity index (χ1v) is 6.53. The average molecular weight is 278 g/mol. The summed E-state index contributed by atoms with van der Waals surface area (Å²) in [7, 11) is 1.64. The van der Waals surface area contributed by atoms with Gasteiger partial charge in [-0.05, 0) is 43.9 Å². The van der Waals surface area contributed by atoms with Crippen molar-refractivity contribution in [2.75, 3.05) is 7.11 Å². The van der Waals surface area contributed by atoms with Crippen LogP contribution in [0.25, 0.3) is 11.5 Å². The Labute approximate surface area is 115 Å². The topological polar surface area (TPSA) is 68.4 Å². The molecule has 1 fully saturated rings. The normalized spacial score (nSPS) is 17.5.